The number of carbonyl (C=O) groups excluding carboxylic acids is 1. The summed E-state index contributed by atoms with van der Waals surface area (Å²) in [6.07, 6.45) is 0.00546. The van der Waals surface area contributed by atoms with E-state index in [0.29, 0.717) is 20.6 Å². The highest BCUT2D eigenvalue weighted by molar-refractivity contribution is 9.10. The van der Waals surface area contributed by atoms with Crippen LogP contribution in [0.5, 0.6) is 0 Å². The number of rotatable bonds is 3. The summed E-state index contributed by atoms with van der Waals surface area (Å²) in [5.74, 6) is -0.554. The first-order chi connectivity index (χ1) is 8.97. The molecule has 0 fully saturated rings. The third kappa shape index (κ3) is 3.65. The van der Waals surface area contributed by atoms with Crippen LogP contribution >= 0.6 is 43.5 Å². The molecule has 19 heavy (non-hydrogen) atoms. The van der Waals surface area contributed by atoms with Crippen LogP contribution < -0.4 is 0 Å². The SMILES string of the molecule is O=C(Cc1cc(Br)ccc1F)c1ccc(Cl)cc1Br. The first-order valence-corrected chi connectivity index (χ1v) is 7.36. The van der Waals surface area contributed by atoms with Crippen molar-refractivity contribution < 1.29 is 9.18 Å². The van der Waals surface area contributed by atoms with Gasteiger partial charge in [0.1, 0.15) is 5.82 Å². The first kappa shape index (κ1) is 14.7. The van der Waals surface area contributed by atoms with Gasteiger partial charge in [-0.1, -0.05) is 27.5 Å². The van der Waals surface area contributed by atoms with Gasteiger partial charge in [-0.2, -0.15) is 0 Å². The molecule has 5 heteroatoms. The molecule has 1 nitrogen and oxygen atoms in total. The van der Waals surface area contributed by atoms with E-state index in [1.807, 2.05) is 0 Å². The van der Waals surface area contributed by atoms with E-state index in [9.17, 15) is 9.18 Å². The zero-order valence-corrected chi connectivity index (χ0v) is 13.5. The van der Waals surface area contributed by atoms with Gasteiger partial charge in [-0.3, -0.25) is 4.79 Å². The Labute approximate surface area is 132 Å². The van der Waals surface area contributed by atoms with E-state index >= 15 is 0 Å². The molecular weight excluding hydrogens is 398 g/mol. The normalized spacial score (nSPS) is 10.5. The molecule has 0 amide bonds. The molecule has 2 aromatic carbocycles. The van der Waals surface area contributed by atoms with E-state index in [-0.39, 0.29) is 18.0 Å². The molecule has 0 bridgehead atoms. The van der Waals surface area contributed by atoms with Crippen LogP contribution in [0.15, 0.2) is 45.3 Å². The zero-order valence-electron chi connectivity index (χ0n) is 9.59. The molecule has 2 aromatic rings. The molecule has 0 unspecified atom stereocenters. The van der Waals surface area contributed by atoms with E-state index in [4.69, 9.17) is 11.6 Å². The van der Waals surface area contributed by atoms with Crippen molar-refractivity contribution in [2.24, 2.45) is 0 Å². The molecule has 0 atom stereocenters. The Morgan fingerprint density at radius 2 is 1.89 bits per heavy atom. The zero-order chi connectivity index (χ0) is 14.0. The van der Waals surface area contributed by atoms with Gasteiger partial charge in [0, 0.05) is 26.0 Å². The highest BCUT2D eigenvalue weighted by Crippen LogP contribution is 2.24. The molecule has 0 heterocycles. The number of carbonyl (C=O) groups is 1. The maximum Gasteiger partial charge on any atom is 0.168 e. The molecule has 0 saturated carbocycles. The summed E-state index contributed by atoms with van der Waals surface area (Å²) in [5.41, 5.74) is 0.852. The summed E-state index contributed by atoms with van der Waals surface area (Å²) in [6, 6.07) is 9.45. The number of Topliss-reactive ketones (excluding diaryl/α,β-unsaturated/α-hetero) is 1. The summed E-state index contributed by atoms with van der Waals surface area (Å²) in [6.45, 7) is 0. The maximum atomic E-state index is 13.6. The minimum atomic E-state index is -0.387. The molecule has 98 valence electrons. The number of hydrogen-bond donors (Lipinski definition) is 0. The fourth-order valence-corrected chi connectivity index (χ4v) is 2.97. The summed E-state index contributed by atoms with van der Waals surface area (Å²) < 4.78 is 15.0. The second-order valence-corrected chi connectivity index (χ2v) is 6.17. The lowest BCUT2D eigenvalue weighted by atomic mass is 10.0. The van der Waals surface area contributed by atoms with Gasteiger partial charge in [-0.05, 0) is 57.9 Å². The van der Waals surface area contributed by atoms with Gasteiger partial charge in [-0.15, -0.1) is 0 Å². The van der Waals surface area contributed by atoms with Gasteiger partial charge < -0.3 is 0 Å². The van der Waals surface area contributed by atoms with Crippen LogP contribution in [0.1, 0.15) is 15.9 Å². The summed E-state index contributed by atoms with van der Waals surface area (Å²) >= 11 is 12.4. The Morgan fingerprint density at radius 1 is 1.16 bits per heavy atom. The Hall–Kier alpha value is -0.710. The van der Waals surface area contributed by atoms with Gasteiger partial charge >= 0.3 is 0 Å². The van der Waals surface area contributed by atoms with Crippen molar-refractivity contribution in [2.45, 2.75) is 6.42 Å². The lowest BCUT2D eigenvalue weighted by molar-refractivity contribution is 0.0991. The lowest BCUT2D eigenvalue weighted by Crippen LogP contribution is -2.06. The monoisotopic (exact) mass is 404 g/mol. The molecule has 0 aliphatic rings. The molecule has 0 saturated heterocycles. The number of halogens is 4. The van der Waals surface area contributed by atoms with E-state index < -0.39 is 0 Å². The Bertz CT molecular complexity index is 643. The standard InChI is InChI=1S/C14H8Br2ClFO/c15-9-1-4-13(18)8(5-9)6-14(19)11-3-2-10(17)7-12(11)16/h1-5,7H,6H2. The van der Waals surface area contributed by atoms with Gasteiger partial charge in [0.2, 0.25) is 0 Å². The van der Waals surface area contributed by atoms with Crippen LogP contribution in [0.4, 0.5) is 4.39 Å². The molecule has 0 aliphatic carbocycles. The average Bonchev–Trinajstić information content (AvgIpc) is 2.33. The van der Waals surface area contributed by atoms with E-state index in [1.54, 1.807) is 30.3 Å². The predicted molar refractivity (Wildman–Crippen MR) is 81.3 cm³/mol. The first-order valence-electron chi connectivity index (χ1n) is 5.39. The third-order valence-corrected chi connectivity index (χ3v) is 3.97. The fraction of sp³-hybridized carbons (Fsp3) is 0.0714. The fourth-order valence-electron chi connectivity index (χ4n) is 1.66. The maximum absolute atomic E-state index is 13.6. The van der Waals surface area contributed by atoms with Crippen molar-refractivity contribution in [2.75, 3.05) is 0 Å². The molecular formula is C14H8Br2ClFO. The van der Waals surface area contributed by atoms with Crippen LogP contribution in [0, 0.1) is 5.82 Å². The van der Waals surface area contributed by atoms with Crippen LogP contribution in [-0.2, 0) is 6.42 Å². The molecule has 0 aromatic heterocycles. The summed E-state index contributed by atoms with van der Waals surface area (Å²) in [7, 11) is 0. The molecule has 0 radical (unpaired) electrons. The van der Waals surface area contributed by atoms with Gasteiger partial charge in [-0.25, -0.2) is 4.39 Å². The van der Waals surface area contributed by atoms with Gasteiger partial charge in [0.15, 0.2) is 5.78 Å². The van der Waals surface area contributed by atoms with Crippen LogP contribution in [-0.4, -0.2) is 5.78 Å². The van der Waals surface area contributed by atoms with Gasteiger partial charge in [0.25, 0.3) is 0 Å². The summed E-state index contributed by atoms with van der Waals surface area (Å²) in [4.78, 5) is 12.2. The minimum Gasteiger partial charge on any atom is -0.294 e. The Balaban J connectivity index is 2.28. The third-order valence-electron chi connectivity index (χ3n) is 2.59. The minimum absolute atomic E-state index is 0.00546. The average molecular weight is 406 g/mol. The Kier molecular flexibility index (Phi) is 4.76. The number of ketones is 1. The molecule has 0 aliphatic heterocycles. The lowest BCUT2D eigenvalue weighted by Gasteiger charge is -2.06. The second-order valence-electron chi connectivity index (χ2n) is 3.96. The van der Waals surface area contributed by atoms with Crippen molar-refractivity contribution in [3.63, 3.8) is 0 Å². The highest BCUT2D eigenvalue weighted by Gasteiger charge is 2.14. The van der Waals surface area contributed by atoms with Crippen LogP contribution in [0.3, 0.4) is 0 Å². The van der Waals surface area contributed by atoms with Crippen molar-refractivity contribution in [1.82, 2.24) is 0 Å². The van der Waals surface area contributed by atoms with Crippen LogP contribution in [0.2, 0.25) is 5.02 Å². The largest absolute Gasteiger partial charge is 0.294 e. The van der Waals surface area contributed by atoms with Crippen molar-refractivity contribution in [3.8, 4) is 0 Å². The van der Waals surface area contributed by atoms with E-state index in [1.165, 1.54) is 6.07 Å². The molecule has 0 spiro atoms. The highest BCUT2D eigenvalue weighted by atomic mass is 79.9. The molecule has 2 rings (SSSR count). The second kappa shape index (κ2) is 6.16. The van der Waals surface area contributed by atoms with E-state index in [0.717, 1.165) is 4.47 Å². The number of hydrogen-bond acceptors (Lipinski definition) is 1. The Morgan fingerprint density at radius 3 is 2.58 bits per heavy atom. The van der Waals surface area contributed by atoms with E-state index in [2.05, 4.69) is 31.9 Å². The van der Waals surface area contributed by atoms with Crippen LogP contribution in [0.25, 0.3) is 0 Å². The van der Waals surface area contributed by atoms with Gasteiger partial charge in [0.05, 0.1) is 0 Å². The predicted octanol–water partition coefficient (Wildman–Crippen LogP) is 5.43. The quantitative estimate of drug-likeness (QED) is 0.621. The topological polar surface area (TPSA) is 17.1 Å². The smallest absolute Gasteiger partial charge is 0.168 e. The molecule has 0 N–H and O–H groups in total. The summed E-state index contributed by atoms with van der Waals surface area (Å²) in [5, 5.41) is 0.539. The van der Waals surface area contributed by atoms with Crippen molar-refractivity contribution >= 4 is 49.2 Å². The van der Waals surface area contributed by atoms with Crippen molar-refractivity contribution in [1.29, 1.82) is 0 Å². The number of benzene rings is 2. The van der Waals surface area contributed by atoms with Crippen molar-refractivity contribution in [3.05, 3.63) is 67.3 Å².